The number of hydrogen-bond acceptors (Lipinski definition) is 6. The Bertz CT molecular complexity index is 824. The molecule has 132 valence electrons. The van der Waals surface area contributed by atoms with E-state index in [-0.39, 0.29) is 0 Å². The van der Waals surface area contributed by atoms with Crippen molar-refractivity contribution in [2.75, 3.05) is 11.9 Å². The predicted octanol–water partition coefficient (Wildman–Crippen LogP) is 3.74. The largest absolute Gasteiger partial charge is 0.307 e. The Labute approximate surface area is 153 Å². The fraction of sp³-hybridized carbons (Fsp3) is 0.300. The number of piperidine rings is 1. The van der Waals surface area contributed by atoms with Gasteiger partial charge in [0.15, 0.2) is 5.82 Å². The fourth-order valence-corrected chi connectivity index (χ4v) is 3.43. The summed E-state index contributed by atoms with van der Waals surface area (Å²) in [6.07, 6.45) is 10.4. The number of nitrogens with one attached hydrogen (secondary N) is 1. The van der Waals surface area contributed by atoms with E-state index in [2.05, 4.69) is 55.5 Å². The van der Waals surface area contributed by atoms with Gasteiger partial charge in [0.25, 0.3) is 0 Å². The first-order valence-corrected chi connectivity index (χ1v) is 9.02. The van der Waals surface area contributed by atoms with Crippen LogP contribution < -0.4 is 5.32 Å². The summed E-state index contributed by atoms with van der Waals surface area (Å²) in [6.45, 7) is 2.04. The van der Waals surface area contributed by atoms with Gasteiger partial charge in [-0.15, -0.1) is 0 Å². The van der Waals surface area contributed by atoms with Crippen molar-refractivity contribution in [3.63, 3.8) is 0 Å². The van der Waals surface area contributed by atoms with Crippen molar-refractivity contribution in [1.82, 2.24) is 24.8 Å². The number of aromatic nitrogens is 4. The molecule has 1 atom stereocenters. The van der Waals surface area contributed by atoms with Crippen molar-refractivity contribution in [3.8, 4) is 0 Å². The standard InChI is InChI=1S/C20H22N6/c1-2-6-16(7-3-1)15-26-13-5-4-8-18(26)17-9-10-23-20(24-17)25-19-14-21-11-12-22-19/h1-3,6-7,9-12,14,18H,4-5,8,13,15H2,(H,22,23,24,25). The Morgan fingerprint density at radius 1 is 1.00 bits per heavy atom. The molecule has 2 aromatic heterocycles. The number of nitrogens with zero attached hydrogens (tertiary/aromatic N) is 5. The molecular formula is C20H22N6. The SMILES string of the molecule is c1ccc(CN2CCCCC2c2ccnc(Nc3cnccn3)n2)cc1. The first-order valence-electron chi connectivity index (χ1n) is 9.02. The first kappa shape index (κ1) is 16.6. The van der Waals surface area contributed by atoms with Crippen LogP contribution >= 0.6 is 0 Å². The third kappa shape index (κ3) is 4.03. The van der Waals surface area contributed by atoms with Crippen molar-refractivity contribution in [3.05, 3.63) is 72.4 Å². The zero-order chi connectivity index (χ0) is 17.6. The van der Waals surface area contributed by atoms with E-state index in [0.717, 1.165) is 25.2 Å². The highest BCUT2D eigenvalue weighted by Crippen LogP contribution is 2.31. The van der Waals surface area contributed by atoms with Gasteiger partial charge in [0, 0.05) is 25.1 Å². The molecule has 0 aliphatic carbocycles. The minimum absolute atomic E-state index is 0.314. The lowest BCUT2D eigenvalue weighted by Gasteiger charge is -2.35. The molecule has 3 heterocycles. The molecule has 6 nitrogen and oxygen atoms in total. The Morgan fingerprint density at radius 3 is 2.77 bits per heavy atom. The van der Waals surface area contributed by atoms with E-state index >= 15 is 0 Å². The minimum atomic E-state index is 0.314. The minimum Gasteiger partial charge on any atom is -0.307 e. The number of rotatable bonds is 5. The highest BCUT2D eigenvalue weighted by Gasteiger charge is 2.25. The molecule has 3 aromatic rings. The normalized spacial score (nSPS) is 17.8. The molecule has 0 spiro atoms. The van der Waals surface area contributed by atoms with E-state index in [9.17, 15) is 0 Å². The van der Waals surface area contributed by atoms with Crippen LogP contribution in [0.15, 0.2) is 61.2 Å². The molecule has 1 unspecified atom stereocenters. The number of likely N-dealkylation sites (tertiary alicyclic amines) is 1. The molecule has 0 amide bonds. The molecule has 0 radical (unpaired) electrons. The summed E-state index contributed by atoms with van der Waals surface area (Å²) in [5.74, 6) is 1.21. The monoisotopic (exact) mass is 346 g/mol. The van der Waals surface area contributed by atoms with Gasteiger partial charge in [-0.1, -0.05) is 36.8 Å². The molecule has 26 heavy (non-hydrogen) atoms. The number of hydrogen-bond donors (Lipinski definition) is 1. The maximum atomic E-state index is 4.75. The molecule has 1 fully saturated rings. The molecule has 1 aromatic carbocycles. The van der Waals surface area contributed by atoms with Crippen LogP contribution in [0.4, 0.5) is 11.8 Å². The van der Waals surface area contributed by atoms with Gasteiger partial charge in [-0.25, -0.2) is 15.0 Å². The van der Waals surface area contributed by atoms with Crippen molar-refractivity contribution in [2.24, 2.45) is 0 Å². The summed E-state index contributed by atoms with van der Waals surface area (Å²) >= 11 is 0. The quantitative estimate of drug-likeness (QED) is 0.759. The molecule has 1 aliphatic rings. The van der Waals surface area contributed by atoms with E-state index < -0.39 is 0 Å². The van der Waals surface area contributed by atoms with Gasteiger partial charge in [0.05, 0.1) is 17.9 Å². The molecule has 6 heteroatoms. The zero-order valence-electron chi connectivity index (χ0n) is 14.6. The molecule has 0 saturated carbocycles. The van der Waals surface area contributed by atoms with Crippen molar-refractivity contribution in [2.45, 2.75) is 31.8 Å². The van der Waals surface area contributed by atoms with Crippen LogP contribution in [-0.4, -0.2) is 31.4 Å². The first-order chi connectivity index (χ1) is 12.9. The number of benzene rings is 1. The van der Waals surface area contributed by atoms with Crippen molar-refractivity contribution >= 4 is 11.8 Å². The Balaban J connectivity index is 1.53. The fourth-order valence-electron chi connectivity index (χ4n) is 3.43. The summed E-state index contributed by atoms with van der Waals surface area (Å²) in [5, 5.41) is 3.13. The van der Waals surface area contributed by atoms with Crippen molar-refractivity contribution < 1.29 is 0 Å². The van der Waals surface area contributed by atoms with Crippen LogP contribution in [0.2, 0.25) is 0 Å². The lowest BCUT2D eigenvalue weighted by molar-refractivity contribution is 0.137. The average Bonchev–Trinajstić information content (AvgIpc) is 2.70. The lowest BCUT2D eigenvalue weighted by atomic mass is 9.98. The highest BCUT2D eigenvalue weighted by molar-refractivity contribution is 5.45. The van der Waals surface area contributed by atoms with Gasteiger partial charge >= 0.3 is 0 Å². The lowest BCUT2D eigenvalue weighted by Crippen LogP contribution is -2.33. The van der Waals surface area contributed by atoms with Gasteiger partial charge < -0.3 is 5.32 Å². The Morgan fingerprint density at radius 2 is 1.92 bits per heavy atom. The molecule has 1 N–H and O–H groups in total. The Kier molecular flexibility index (Phi) is 5.12. The summed E-state index contributed by atoms with van der Waals surface area (Å²) in [7, 11) is 0. The maximum absolute atomic E-state index is 4.75. The van der Waals surface area contributed by atoms with Gasteiger partial charge in [0.1, 0.15) is 0 Å². The molecular weight excluding hydrogens is 324 g/mol. The molecule has 1 saturated heterocycles. The van der Waals surface area contributed by atoms with Crippen LogP contribution in [0.5, 0.6) is 0 Å². The van der Waals surface area contributed by atoms with Gasteiger partial charge in [-0.3, -0.25) is 9.88 Å². The predicted molar refractivity (Wildman–Crippen MR) is 101 cm³/mol. The average molecular weight is 346 g/mol. The van der Waals surface area contributed by atoms with E-state index in [1.54, 1.807) is 18.6 Å². The van der Waals surface area contributed by atoms with Gasteiger partial charge in [0.2, 0.25) is 5.95 Å². The van der Waals surface area contributed by atoms with E-state index in [1.165, 1.54) is 18.4 Å². The highest BCUT2D eigenvalue weighted by atomic mass is 15.2. The van der Waals surface area contributed by atoms with Crippen molar-refractivity contribution in [1.29, 1.82) is 0 Å². The second-order valence-electron chi connectivity index (χ2n) is 6.49. The zero-order valence-corrected chi connectivity index (χ0v) is 14.6. The van der Waals surface area contributed by atoms with Gasteiger partial charge in [-0.2, -0.15) is 0 Å². The molecule has 0 bridgehead atoms. The molecule has 1 aliphatic heterocycles. The topological polar surface area (TPSA) is 66.8 Å². The molecule has 4 rings (SSSR count). The van der Waals surface area contributed by atoms with Crippen LogP contribution in [0.1, 0.15) is 36.6 Å². The van der Waals surface area contributed by atoms with Gasteiger partial charge in [-0.05, 0) is 31.0 Å². The van der Waals surface area contributed by atoms with E-state index in [1.807, 2.05) is 12.3 Å². The summed E-state index contributed by atoms with van der Waals surface area (Å²) in [4.78, 5) is 19.9. The maximum Gasteiger partial charge on any atom is 0.228 e. The van der Waals surface area contributed by atoms with E-state index in [4.69, 9.17) is 4.98 Å². The summed E-state index contributed by atoms with van der Waals surface area (Å²) in [6, 6.07) is 13.0. The summed E-state index contributed by atoms with van der Waals surface area (Å²) < 4.78 is 0. The van der Waals surface area contributed by atoms with E-state index in [0.29, 0.717) is 17.8 Å². The third-order valence-electron chi connectivity index (χ3n) is 4.66. The smallest absolute Gasteiger partial charge is 0.228 e. The van der Waals surface area contributed by atoms with Crippen LogP contribution in [0.25, 0.3) is 0 Å². The second kappa shape index (κ2) is 8.01. The van der Waals surface area contributed by atoms with Crippen LogP contribution in [0.3, 0.4) is 0 Å². The number of anilines is 2. The third-order valence-corrected chi connectivity index (χ3v) is 4.66. The second-order valence-corrected chi connectivity index (χ2v) is 6.49. The summed E-state index contributed by atoms with van der Waals surface area (Å²) in [5.41, 5.74) is 2.40. The van der Waals surface area contributed by atoms with Crippen LogP contribution in [0, 0.1) is 0 Å². The Hall–Kier alpha value is -2.86. The van der Waals surface area contributed by atoms with Crippen LogP contribution in [-0.2, 0) is 6.54 Å².